The molecular weight excluding hydrogens is 210 g/mol. The number of nitrogens with two attached hydrogens (primary N) is 1. The normalized spacial score (nSPS) is 12.5. The molecule has 15 heavy (non-hydrogen) atoms. The lowest BCUT2D eigenvalue weighted by atomic mass is 10.1. The van der Waals surface area contributed by atoms with Gasteiger partial charge in [-0.05, 0) is 32.4 Å². The monoisotopic (exact) mass is 227 g/mol. The Morgan fingerprint density at radius 1 is 1.60 bits per heavy atom. The highest BCUT2D eigenvalue weighted by molar-refractivity contribution is 7.12. The molecule has 0 aliphatic heterocycles. The average Bonchev–Trinajstić information content (AvgIpc) is 2.45. The van der Waals surface area contributed by atoms with Crippen LogP contribution in [0.25, 0.3) is 0 Å². The van der Waals surface area contributed by atoms with Crippen LogP contribution in [-0.4, -0.2) is 12.6 Å². The molecule has 0 bridgehead atoms. The van der Waals surface area contributed by atoms with E-state index < -0.39 is 0 Å². The summed E-state index contributed by atoms with van der Waals surface area (Å²) in [6.45, 7) is 6.27. The van der Waals surface area contributed by atoms with Crippen LogP contribution in [0, 0.1) is 13.8 Å². The van der Waals surface area contributed by atoms with E-state index in [0.717, 1.165) is 5.56 Å². The van der Waals surface area contributed by atoms with E-state index in [-0.39, 0.29) is 18.4 Å². The standard InChI is InChI=1S/C11H17NO2S/c1-4-14-11(13)6-10(12)9-5-7(2)15-8(9)3/h5,10H,4,6,12H2,1-3H3/t10-/m1/s1. The number of thiophene rings is 1. The second kappa shape index (κ2) is 5.28. The molecule has 4 heteroatoms. The van der Waals surface area contributed by atoms with Crippen molar-refractivity contribution in [1.82, 2.24) is 0 Å². The Hall–Kier alpha value is -0.870. The average molecular weight is 227 g/mol. The van der Waals surface area contributed by atoms with Gasteiger partial charge in [-0.2, -0.15) is 0 Å². The number of ether oxygens (including phenoxy) is 1. The summed E-state index contributed by atoms with van der Waals surface area (Å²) in [6.07, 6.45) is 0.255. The summed E-state index contributed by atoms with van der Waals surface area (Å²) in [6, 6.07) is 1.80. The Labute approximate surface area is 94.2 Å². The summed E-state index contributed by atoms with van der Waals surface area (Å²) in [5, 5.41) is 0. The molecule has 0 saturated heterocycles. The van der Waals surface area contributed by atoms with Crippen molar-refractivity contribution < 1.29 is 9.53 Å². The topological polar surface area (TPSA) is 52.3 Å². The molecule has 0 amide bonds. The van der Waals surface area contributed by atoms with Gasteiger partial charge in [0.1, 0.15) is 0 Å². The van der Waals surface area contributed by atoms with Crippen molar-refractivity contribution in [3.8, 4) is 0 Å². The zero-order valence-corrected chi connectivity index (χ0v) is 10.2. The van der Waals surface area contributed by atoms with E-state index in [4.69, 9.17) is 10.5 Å². The van der Waals surface area contributed by atoms with Crippen LogP contribution in [0.1, 0.15) is 34.7 Å². The third kappa shape index (κ3) is 3.32. The molecule has 2 N–H and O–H groups in total. The molecule has 0 aliphatic rings. The highest BCUT2D eigenvalue weighted by Gasteiger charge is 2.15. The molecule has 84 valence electrons. The third-order valence-corrected chi connectivity index (χ3v) is 3.15. The van der Waals surface area contributed by atoms with E-state index in [1.165, 1.54) is 9.75 Å². The SMILES string of the molecule is CCOC(=O)C[C@@H](N)c1cc(C)sc1C. The summed E-state index contributed by atoms with van der Waals surface area (Å²) >= 11 is 1.71. The molecule has 0 spiro atoms. The maximum atomic E-state index is 11.2. The molecule has 1 aromatic rings. The first-order chi connectivity index (χ1) is 7.04. The number of hydrogen-bond donors (Lipinski definition) is 1. The van der Waals surface area contributed by atoms with Gasteiger partial charge >= 0.3 is 5.97 Å². The molecule has 0 unspecified atom stereocenters. The van der Waals surface area contributed by atoms with Gasteiger partial charge < -0.3 is 10.5 Å². The van der Waals surface area contributed by atoms with Crippen molar-refractivity contribution in [3.05, 3.63) is 21.4 Å². The fourth-order valence-corrected chi connectivity index (χ4v) is 2.53. The zero-order valence-electron chi connectivity index (χ0n) is 9.37. The number of hydrogen-bond acceptors (Lipinski definition) is 4. The summed E-state index contributed by atoms with van der Waals surface area (Å²) < 4.78 is 4.87. The van der Waals surface area contributed by atoms with Crippen LogP contribution in [0.15, 0.2) is 6.07 Å². The fraction of sp³-hybridized carbons (Fsp3) is 0.545. The Kier molecular flexibility index (Phi) is 4.29. The van der Waals surface area contributed by atoms with Crippen LogP contribution >= 0.6 is 11.3 Å². The van der Waals surface area contributed by atoms with Crippen molar-refractivity contribution in [2.45, 2.75) is 33.2 Å². The van der Waals surface area contributed by atoms with E-state index in [0.29, 0.717) is 6.61 Å². The maximum Gasteiger partial charge on any atom is 0.307 e. The predicted molar refractivity (Wildman–Crippen MR) is 62.0 cm³/mol. The Balaban J connectivity index is 2.64. The van der Waals surface area contributed by atoms with Crippen LogP contribution in [-0.2, 0) is 9.53 Å². The van der Waals surface area contributed by atoms with Crippen LogP contribution in [0.5, 0.6) is 0 Å². The lowest BCUT2D eigenvalue weighted by Crippen LogP contribution is -2.17. The second-order valence-corrected chi connectivity index (χ2v) is 4.94. The van der Waals surface area contributed by atoms with Gasteiger partial charge in [-0.3, -0.25) is 4.79 Å². The van der Waals surface area contributed by atoms with Crippen LogP contribution < -0.4 is 5.73 Å². The van der Waals surface area contributed by atoms with Crippen LogP contribution in [0.4, 0.5) is 0 Å². The highest BCUT2D eigenvalue weighted by Crippen LogP contribution is 2.26. The van der Waals surface area contributed by atoms with E-state index in [2.05, 4.69) is 0 Å². The largest absolute Gasteiger partial charge is 0.466 e. The Morgan fingerprint density at radius 2 is 2.27 bits per heavy atom. The predicted octanol–water partition coefficient (Wildman–Crippen LogP) is 2.32. The van der Waals surface area contributed by atoms with Gasteiger partial charge in [0.25, 0.3) is 0 Å². The van der Waals surface area contributed by atoms with E-state index in [1.54, 1.807) is 18.3 Å². The van der Waals surface area contributed by atoms with Gasteiger partial charge in [-0.15, -0.1) is 11.3 Å². The first kappa shape index (κ1) is 12.2. The molecule has 1 heterocycles. The molecule has 0 fully saturated rings. The van der Waals surface area contributed by atoms with Crippen LogP contribution in [0.2, 0.25) is 0 Å². The van der Waals surface area contributed by atoms with Crippen LogP contribution in [0.3, 0.4) is 0 Å². The zero-order chi connectivity index (χ0) is 11.4. The quantitative estimate of drug-likeness (QED) is 0.803. The Bertz CT molecular complexity index is 346. The first-order valence-electron chi connectivity index (χ1n) is 5.02. The van der Waals surface area contributed by atoms with Gasteiger partial charge in [0.15, 0.2) is 0 Å². The molecule has 1 atom stereocenters. The lowest BCUT2D eigenvalue weighted by Gasteiger charge is -2.10. The molecule has 0 aromatic carbocycles. The van der Waals surface area contributed by atoms with Gasteiger partial charge in [0.2, 0.25) is 0 Å². The molecule has 1 rings (SSSR count). The smallest absolute Gasteiger partial charge is 0.307 e. The number of rotatable bonds is 4. The summed E-state index contributed by atoms with van der Waals surface area (Å²) in [4.78, 5) is 13.7. The molecule has 0 saturated carbocycles. The number of carbonyl (C=O) groups is 1. The lowest BCUT2D eigenvalue weighted by molar-refractivity contribution is -0.143. The minimum Gasteiger partial charge on any atom is -0.466 e. The van der Waals surface area contributed by atoms with Gasteiger partial charge in [0.05, 0.1) is 13.0 Å². The second-order valence-electron chi connectivity index (χ2n) is 3.48. The molecule has 1 aromatic heterocycles. The van der Waals surface area contributed by atoms with Crippen molar-refractivity contribution in [1.29, 1.82) is 0 Å². The molecule has 3 nitrogen and oxygen atoms in total. The summed E-state index contributed by atoms with van der Waals surface area (Å²) in [7, 11) is 0. The minimum absolute atomic E-state index is 0.228. The van der Waals surface area contributed by atoms with E-state index in [1.807, 2.05) is 19.9 Å². The van der Waals surface area contributed by atoms with E-state index in [9.17, 15) is 4.79 Å². The van der Waals surface area contributed by atoms with Gasteiger partial charge in [-0.1, -0.05) is 0 Å². The third-order valence-electron chi connectivity index (χ3n) is 2.17. The summed E-state index contributed by atoms with van der Waals surface area (Å²) in [5.74, 6) is -0.228. The Morgan fingerprint density at radius 3 is 2.73 bits per heavy atom. The number of carbonyl (C=O) groups excluding carboxylic acids is 1. The summed E-state index contributed by atoms with van der Waals surface area (Å²) in [5.41, 5.74) is 7.01. The van der Waals surface area contributed by atoms with Gasteiger partial charge in [-0.25, -0.2) is 0 Å². The molecular formula is C11H17NO2S. The number of aryl methyl sites for hydroxylation is 2. The minimum atomic E-state index is -0.242. The van der Waals surface area contributed by atoms with Crippen molar-refractivity contribution in [2.24, 2.45) is 5.73 Å². The first-order valence-corrected chi connectivity index (χ1v) is 5.84. The molecule has 0 radical (unpaired) electrons. The van der Waals surface area contributed by atoms with Crippen molar-refractivity contribution >= 4 is 17.3 Å². The fourth-order valence-electron chi connectivity index (χ4n) is 1.53. The van der Waals surface area contributed by atoms with Gasteiger partial charge in [0, 0.05) is 15.8 Å². The number of esters is 1. The van der Waals surface area contributed by atoms with Crippen molar-refractivity contribution in [2.75, 3.05) is 6.61 Å². The molecule has 0 aliphatic carbocycles. The highest BCUT2D eigenvalue weighted by atomic mass is 32.1. The van der Waals surface area contributed by atoms with E-state index >= 15 is 0 Å². The van der Waals surface area contributed by atoms with Crippen molar-refractivity contribution in [3.63, 3.8) is 0 Å². The maximum absolute atomic E-state index is 11.2.